The summed E-state index contributed by atoms with van der Waals surface area (Å²) >= 11 is 0. The fourth-order valence-electron chi connectivity index (χ4n) is 1.77. The molecular formula is C10H26N2Si. The van der Waals surface area contributed by atoms with Crippen LogP contribution in [0.5, 0.6) is 0 Å². The Balaban J connectivity index is 4.38. The van der Waals surface area contributed by atoms with Gasteiger partial charge in [-0.3, -0.25) is 0 Å². The van der Waals surface area contributed by atoms with Crippen molar-refractivity contribution in [1.29, 1.82) is 0 Å². The molecule has 13 heavy (non-hydrogen) atoms. The molecule has 0 bridgehead atoms. The molecule has 0 aromatic carbocycles. The summed E-state index contributed by atoms with van der Waals surface area (Å²) in [7, 11) is -0.954. The lowest BCUT2D eigenvalue weighted by molar-refractivity contribution is 0.438. The van der Waals surface area contributed by atoms with Crippen molar-refractivity contribution in [2.24, 2.45) is 0 Å². The van der Waals surface area contributed by atoms with Gasteiger partial charge < -0.3 is 9.55 Å². The van der Waals surface area contributed by atoms with Crippen molar-refractivity contribution in [1.82, 2.24) is 9.55 Å². The monoisotopic (exact) mass is 202 g/mol. The van der Waals surface area contributed by atoms with Crippen molar-refractivity contribution >= 4 is 9.12 Å². The summed E-state index contributed by atoms with van der Waals surface area (Å²) in [6.45, 7) is 17.2. The molecule has 0 heterocycles. The lowest BCUT2D eigenvalue weighted by Crippen LogP contribution is -2.55. The third-order valence-electron chi connectivity index (χ3n) is 2.40. The molecule has 1 N–H and O–H groups in total. The summed E-state index contributed by atoms with van der Waals surface area (Å²) in [5.41, 5.74) is 0. The molecule has 0 saturated carbocycles. The van der Waals surface area contributed by atoms with Crippen LogP contribution in [0.25, 0.3) is 0 Å². The zero-order valence-electron chi connectivity index (χ0n) is 10.1. The van der Waals surface area contributed by atoms with E-state index in [0.29, 0.717) is 5.04 Å². The number of rotatable bonds is 5. The third kappa shape index (κ3) is 4.25. The SMILES string of the molecule is CCN[SiH](N(CC)CC)C(C)(C)C. The van der Waals surface area contributed by atoms with Crippen molar-refractivity contribution in [3.05, 3.63) is 0 Å². The smallest absolute Gasteiger partial charge is 0.192 e. The molecule has 0 aliphatic carbocycles. The van der Waals surface area contributed by atoms with Gasteiger partial charge in [-0.1, -0.05) is 41.5 Å². The predicted molar refractivity (Wildman–Crippen MR) is 63.5 cm³/mol. The average molecular weight is 202 g/mol. The topological polar surface area (TPSA) is 15.3 Å². The first-order valence-electron chi connectivity index (χ1n) is 5.44. The molecular weight excluding hydrogens is 176 g/mol. The maximum Gasteiger partial charge on any atom is 0.192 e. The Morgan fingerprint density at radius 3 is 1.77 bits per heavy atom. The van der Waals surface area contributed by atoms with E-state index < -0.39 is 9.12 Å². The molecule has 0 saturated heterocycles. The van der Waals surface area contributed by atoms with Crippen LogP contribution in [-0.2, 0) is 0 Å². The second kappa shape index (κ2) is 5.78. The van der Waals surface area contributed by atoms with Crippen LogP contribution in [0.2, 0.25) is 5.04 Å². The van der Waals surface area contributed by atoms with Crippen molar-refractivity contribution < 1.29 is 0 Å². The summed E-state index contributed by atoms with van der Waals surface area (Å²) in [6, 6.07) is 0. The quantitative estimate of drug-likeness (QED) is 0.686. The van der Waals surface area contributed by atoms with E-state index in [9.17, 15) is 0 Å². The van der Waals surface area contributed by atoms with Crippen LogP contribution in [0, 0.1) is 0 Å². The van der Waals surface area contributed by atoms with Crippen molar-refractivity contribution in [2.45, 2.75) is 46.6 Å². The first-order valence-corrected chi connectivity index (χ1v) is 7.11. The molecule has 0 aliphatic heterocycles. The van der Waals surface area contributed by atoms with Crippen LogP contribution in [0.4, 0.5) is 0 Å². The predicted octanol–water partition coefficient (Wildman–Crippen LogP) is 1.96. The van der Waals surface area contributed by atoms with Crippen LogP contribution < -0.4 is 4.98 Å². The number of hydrogen-bond donors (Lipinski definition) is 1. The Morgan fingerprint density at radius 1 is 1.08 bits per heavy atom. The second-order valence-corrected chi connectivity index (χ2v) is 8.22. The van der Waals surface area contributed by atoms with Crippen LogP contribution in [0.15, 0.2) is 0 Å². The fourth-order valence-corrected chi connectivity index (χ4v) is 4.85. The Hall–Kier alpha value is 0.137. The summed E-state index contributed by atoms with van der Waals surface area (Å²) in [5.74, 6) is 0. The highest BCUT2D eigenvalue weighted by Crippen LogP contribution is 2.26. The van der Waals surface area contributed by atoms with Gasteiger partial charge in [0.2, 0.25) is 0 Å². The van der Waals surface area contributed by atoms with Gasteiger partial charge in [0.15, 0.2) is 9.12 Å². The molecule has 0 radical (unpaired) electrons. The molecule has 3 heteroatoms. The Bertz CT molecular complexity index is 127. The van der Waals surface area contributed by atoms with E-state index in [2.05, 4.69) is 51.1 Å². The maximum atomic E-state index is 3.69. The molecule has 1 unspecified atom stereocenters. The van der Waals surface area contributed by atoms with E-state index in [0.717, 1.165) is 6.54 Å². The van der Waals surface area contributed by atoms with Gasteiger partial charge in [0.1, 0.15) is 0 Å². The third-order valence-corrected chi connectivity index (χ3v) is 6.29. The minimum atomic E-state index is -0.954. The fraction of sp³-hybridized carbons (Fsp3) is 1.00. The summed E-state index contributed by atoms with van der Waals surface area (Å²) in [4.78, 5) is 3.69. The lowest BCUT2D eigenvalue weighted by Gasteiger charge is -2.37. The largest absolute Gasteiger partial charge is 0.328 e. The lowest BCUT2D eigenvalue weighted by atomic mass is 10.3. The molecule has 0 aromatic heterocycles. The first-order chi connectivity index (χ1) is 5.97. The number of nitrogens with one attached hydrogen (secondary N) is 1. The minimum Gasteiger partial charge on any atom is -0.328 e. The van der Waals surface area contributed by atoms with E-state index >= 15 is 0 Å². The second-order valence-electron chi connectivity index (χ2n) is 4.55. The molecule has 0 spiro atoms. The average Bonchev–Trinajstić information content (AvgIpc) is 2.03. The molecule has 0 rings (SSSR count). The summed E-state index contributed by atoms with van der Waals surface area (Å²) in [6.07, 6.45) is 0. The summed E-state index contributed by atoms with van der Waals surface area (Å²) in [5, 5.41) is 0.446. The molecule has 80 valence electrons. The van der Waals surface area contributed by atoms with Gasteiger partial charge in [-0.05, 0) is 24.7 Å². The standard InChI is InChI=1S/C10H26N2Si/c1-7-11-13(10(4,5)6)12(8-2)9-3/h11,13H,7-9H2,1-6H3. The number of hydrogen-bond acceptors (Lipinski definition) is 2. The highest BCUT2D eigenvalue weighted by Gasteiger charge is 2.30. The highest BCUT2D eigenvalue weighted by molar-refractivity contribution is 6.56. The van der Waals surface area contributed by atoms with Crippen LogP contribution >= 0.6 is 0 Å². The number of nitrogens with zero attached hydrogens (tertiary/aromatic N) is 1. The van der Waals surface area contributed by atoms with Gasteiger partial charge in [0, 0.05) is 0 Å². The summed E-state index contributed by atoms with van der Waals surface area (Å²) < 4.78 is 2.61. The van der Waals surface area contributed by atoms with Crippen molar-refractivity contribution in [3.63, 3.8) is 0 Å². The molecule has 2 nitrogen and oxygen atoms in total. The molecule has 1 atom stereocenters. The van der Waals surface area contributed by atoms with Gasteiger partial charge in [0.05, 0.1) is 0 Å². The van der Waals surface area contributed by atoms with Crippen LogP contribution in [0.3, 0.4) is 0 Å². The van der Waals surface area contributed by atoms with Gasteiger partial charge in [-0.25, -0.2) is 0 Å². The van der Waals surface area contributed by atoms with E-state index in [-0.39, 0.29) is 0 Å². The van der Waals surface area contributed by atoms with Crippen LogP contribution in [-0.4, -0.2) is 33.3 Å². The molecule has 0 fully saturated rings. The van der Waals surface area contributed by atoms with E-state index in [1.807, 2.05) is 0 Å². The Kier molecular flexibility index (Phi) is 5.84. The van der Waals surface area contributed by atoms with E-state index in [1.165, 1.54) is 13.1 Å². The molecule has 0 aromatic rings. The van der Waals surface area contributed by atoms with Gasteiger partial charge in [-0.15, -0.1) is 0 Å². The molecule has 0 amide bonds. The zero-order valence-corrected chi connectivity index (χ0v) is 11.3. The first kappa shape index (κ1) is 13.1. The molecule has 0 aliphatic rings. The van der Waals surface area contributed by atoms with Crippen LogP contribution in [0.1, 0.15) is 41.5 Å². The highest BCUT2D eigenvalue weighted by atomic mass is 28.3. The normalized spacial score (nSPS) is 15.0. The van der Waals surface area contributed by atoms with E-state index in [4.69, 9.17) is 0 Å². The van der Waals surface area contributed by atoms with E-state index in [1.54, 1.807) is 0 Å². The Labute approximate surface area is 85.5 Å². The van der Waals surface area contributed by atoms with Gasteiger partial charge in [0.25, 0.3) is 0 Å². The van der Waals surface area contributed by atoms with Crippen molar-refractivity contribution in [3.8, 4) is 0 Å². The van der Waals surface area contributed by atoms with Crippen molar-refractivity contribution in [2.75, 3.05) is 19.6 Å². The maximum absolute atomic E-state index is 3.69. The van der Waals surface area contributed by atoms with Gasteiger partial charge in [-0.2, -0.15) is 0 Å². The zero-order chi connectivity index (χ0) is 10.5. The minimum absolute atomic E-state index is 0.446. The van der Waals surface area contributed by atoms with Gasteiger partial charge >= 0.3 is 0 Å². The Morgan fingerprint density at radius 2 is 1.54 bits per heavy atom.